The van der Waals surface area contributed by atoms with Crippen LogP contribution in [0, 0.1) is 0 Å². The van der Waals surface area contributed by atoms with Gasteiger partial charge in [0.15, 0.2) is 0 Å². The molecule has 33 heavy (non-hydrogen) atoms. The lowest BCUT2D eigenvalue weighted by Gasteiger charge is -2.31. The Bertz CT molecular complexity index is 995. The number of nitrogens with zero attached hydrogens (tertiary/aromatic N) is 3. The van der Waals surface area contributed by atoms with Crippen LogP contribution in [0.5, 0.6) is 5.75 Å². The molecule has 2 heterocycles. The number of phenolic OH excluding ortho intramolecular Hbond substituents is 1. The highest BCUT2D eigenvalue weighted by Gasteiger charge is 2.28. The number of nitrogens with one attached hydrogen (secondary N) is 1. The molecule has 4 N–H and O–H groups in total. The summed E-state index contributed by atoms with van der Waals surface area (Å²) in [5.74, 6) is 0.136. The predicted molar refractivity (Wildman–Crippen MR) is 130 cm³/mol. The largest absolute Gasteiger partial charge is 0.508 e. The van der Waals surface area contributed by atoms with Crippen LogP contribution in [0.4, 0.5) is 5.69 Å². The zero-order valence-electron chi connectivity index (χ0n) is 19.0. The molecule has 0 spiro atoms. The summed E-state index contributed by atoms with van der Waals surface area (Å²) in [6, 6.07) is 11.1. The Morgan fingerprint density at radius 3 is 2.58 bits per heavy atom. The lowest BCUT2D eigenvalue weighted by molar-refractivity contribution is -0.128. The number of hydrogen-bond donors (Lipinski definition) is 3. The Morgan fingerprint density at radius 2 is 1.85 bits per heavy atom. The van der Waals surface area contributed by atoms with Crippen molar-refractivity contribution in [2.24, 2.45) is 10.7 Å². The second-order valence-corrected chi connectivity index (χ2v) is 8.82. The maximum Gasteiger partial charge on any atom is 0.270 e. The van der Waals surface area contributed by atoms with Gasteiger partial charge in [0.1, 0.15) is 11.4 Å². The Hall–Kier alpha value is -3.19. The van der Waals surface area contributed by atoms with E-state index in [1.807, 2.05) is 29.4 Å². The van der Waals surface area contributed by atoms with Crippen molar-refractivity contribution in [3.8, 4) is 5.75 Å². The van der Waals surface area contributed by atoms with Gasteiger partial charge in [-0.2, -0.15) is 0 Å². The van der Waals surface area contributed by atoms with Crippen molar-refractivity contribution in [2.45, 2.75) is 51.0 Å². The lowest BCUT2D eigenvalue weighted by atomic mass is 9.86. The third kappa shape index (κ3) is 6.20. The normalized spacial score (nSPS) is 21.8. The van der Waals surface area contributed by atoms with Crippen molar-refractivity contribution in [2.75, 3.05) is 19.6 Å². The molecule has 1 saturated heterocycles. The number of carbonyl (C=O) groups is 1. The van der Waals surface area contributed by atoms with Gasteiger partial charge in [-0.15, -0.1) is 0 Å². The molecule has 7 heteroatoms. The standard InChI is InChI=1S/C26H33N5O2/c27-25(26(33)31-16-2-1-3-17-31)23-18-21(29-15-12-19-10-13-28-14-11-19)6-9-24(23)30-20-4-7-22(32)8-5-20/h4-5,7-8,10-11,13-14,21,29,32H,1-3,6,9,12,15-18,27H2. The zero-order valence-corrected chi connectivity index (χ0v) is 19.0. The number of hydrogen-bond acceptors (Lipinski definition) is 6. The highest BCUT2D eigenvalue weighted by Crippen LogP contribution is 2.28. The van der Waals surface area contributed by atoms with Gasteiger partial charge in [-0.05, 0) is 93.5 Å². The fourth-order valence-corrected chi connectivity index (χ4v) is 4.54. The van der Waals surface area contributed by atoms with E-state index in [2.05, 4.69) is 10.3 Å². The highest BCUT2D eigenvalue weighted by atomic mass is 16.3. The monoisotopic (exact) mass is 447 g/mol. The molecule has 1 saturated carbocycles. The topological polar surface area (TPSA) is 104 Å². The number of pyridine rings is 1. The summed E-state index contributed by atoms with van der Waals surface area (Å²) in [4.78, 5) is 23.9. The van der Waals surface area contributed by atoms with E-state index in [0.29, 0.717) is 12.1 Å². The van der Waals surface area contributed by atoms with Crippen LogP contribution in [-0.4, -0.2) is 52.3 Å². The van der Waals surface area contributed by atoms with Crippen LogP contribution >= 0.6 is 0 Å². The minimum absolute atomic E-state index is 0.0689. The molecule has 7 nitrogen and oxygen atoms in total. The number of carbonyl (C=O) groups excluding carboxylic acids is 1. The fourth-order valence-electron chi connectivity index (χ4n) is 4.54. The SMILES string of the molecule is NC(C(=O)N1CCCCC1)=C1CC(NCCc2ccncc2)CCC1=Nc1ccc(O)cc1. The van der Waals surface area contributed by atoms with Gasteiger partial charge in [0.25, 0.3) is 5.91 Å². The van der Waals surface area contributed by atoms with E-state index in [1.54, 1.807) is 24.3 Å². The quantitative estimate of drug-likeness (QED) is 0.588. The van der Waals surface area contributed by atoms with E-state index >= 15 is 0 Å². The van der Waals surface area contributed by atoms with Crippen LogP contribution in [0.1, 0.15) is 44.1 Å². The summed E-state index contributed by atoms with van der Waals surface area (Å²) in [5, 5.41) is 13.2. The molecule has 2 aliphatic rings. The van der Waals surface area contributed by atoms with Crippen molar-refractivity contribution in [3.63, 3.8) is 0 Å². The molecule has 0 radical (unpaired) electrons. The fraction of sp³-hybridized carbons (Fsp3) is 0.423. The molecule has 1 amide bonds. The first-order valence-corrected chi connectivity index (χ1v) is 11.9. The number of likely N-dealkylation sites (tertiary alicyclic amines) is 1. The number of rotatable bonds is 6. The van der Waals surface area contributed by atoms with Crippen molar-refractivity contribution < 1.29 is 9.90 Å². The Labute approximate surface area is 195 Å². The van der Waals surface area contributed by atoms with Gasteiger partial charge in [-0.1, -0.05) is 0 Å². The highest BCUT2D eigenvalue weighted by molar-refractivity contribution is 6.09. The van der Waals surface area contributed by atoms with Crippen LogP contribution in [0.3, 0.4) is 0 Å². The van der Waals surface area contributed by atoms with Gasteiger partial charge >= 0.3 is 0 Å². The van der Waals surface area contributed by atoms with Gasteiger partial charge in [0, 0.05) is 42.8 Å². The lowest BCUT2D eigenvalue weighted by Crippen LogP contribution is -2.41. The molecule has 2 fully saturated rings. The average molecular weight is 448 g/mol. The van der Waals surface area contributed by atoms with E-state index in [0.717, 1.165) is 75.1 Å². The number of benzene rings is 1. The molecule has 4 rings (SSSR count). The third-order valence-electron chi connectivity index (χ3n) is 6.44. The molecular formula is C26H33N5O2. The molecule has 1 aliphatic heterocycles. The van der Waals surface area contributed by atoms with E-state index in [1.165, 1.54) is 5.56 Å². The first-order valence-electron chi connectivity index (χ1n) is 11.9. The maximum absolute atomic E-state index is 13.2. The number of aliphatic imine (C=N–C) groups is 1. The van der Waals surface area contributed by atoms with Crippen LogP contribution in [-0.2, 0) is 11.2 Å². The molecular weight excluding hydrogens is 414 g/mol. The van der Waals surface area contributed by atoms with Crippen LogP contribution in [0.25, 0.3) is 0 Å². The van der Waals surface area contributed by atoms with Crippen molar-refractivity contribution in [1.29, 1.82) is 0 Å². The van der Waals surface area contributed by atoms with E-state index < -0.39 is 0 Å². The summed E-state index contributed by atoms with van der Waals surface area (Å²) in [6.07, 6.45) is 10.1. The number of phenols is 1. The summed E-state index contributed by atoms with van der Waals surface area (Å²) in [7, 11) is 0. The van der Waals surface area contributed by atoms with Gasteiger partial charge < -0.3 is 21.1 Å². The number of aromatic nitrogens is 1. The Balaban J connectivity index is 1.51. The van der Waals surface area contributed by atoms with Crippen molar-refractivity contribution in [3.05, 3.63) is 65.6 Å². The van der Waals surface area contributed by atoms with Gasteiger partial charge in [0.2, 0.25) is 0 Å². The number of aromatic hydroxyl groups is 1. The number of piperidine rings is 1. The maximum atomic E-state index is 13.2. The Morgan fingerprint density at radius 1 is 1.12 bits per heavy atom. The summed E-state index contributed by atoms with van der Waals surface area (Å²) in [6.45, 7) is 2.39. The molecule has 174 valence electrons. The molecule has 2 aromatic rings. The minimum atomic E-state index is -0.0689. The number of nitrogens with two attached hydrogens (primary N) is 1. The van der Waals surface area contributed by atoms with E-state index in [-0.39, 0.29) is 17.7 Å². The number of amides is 1. The van der Waals surface area contributed by atoms with Crippen molar-refractivity contribution in [1.82, 2.24) is 15.2 Å². The van der Waals surface area contributed by atoms with Crippen LogP contribution in [0.15, 0.2) is 65.1 Å². The first kappa shape index (κ1) is 23.0. The van der Waals surface area contributed by atoms with Crippen LogP contribution in [0.2, 0.25) is 0 Å². The molecule has 1 aliphatic carbocycles. The van der Waals surface area contributed by atoms with Gasteiger partial charge in [0.05, 0.1) is 5.69 Å². The average Bonchev–Trinajstić information content (AvgIpc) is 2.86. The molecule has 1 aromatic heterocycles. The van der Waals surface area contributed by atoms with Gasteiger partial charge in [-0.25, -0.2) is 0 Å². The zero-order chi connectivity index (χ0) is 23.0. The van der Waals surface area contributed by atoms with Gasteiger partial charge in [-0.3, -0.25) is 14.8 Å². The molecule has 1 atom stereocenters. The second kappa shape index (κ2) is 11.1. The smallest absolute Gasteiger partial charge is 0.270 e. The Kier molecular flexibility index (Phi) is 7.73. The molecule has 1 aromatic carbocycles. The minimum Gasteiger partial charge on any atom is -0.508 e. The van der Waals surface area contributed by atoms with E-state index in [4.69, 9.17) is 10.7 Å². The van der Waals surface area contributed by atoms with E-state index in [9.17, 15) is 9.90 Å². The second-order valence-electron chi connectivity index (χ2n) is 8.82. The molecule has 0 bridgehead atoms. The summed E-state index contributed by atoms with van der Waals surface area (Å²) < 4.78 is 0. The molecule has 1 unspecified atom stereocenters. The summed E-state index contributed by atoms with van der Waals surface area (Å²) >= 11 is 0. The first-order chi connectivity index (χ1) is 16.1. The van der Waals surface area contributed by atoms with Crippen LogP contribution < -0.4 is 11.1 Å². The van der Waals surface area contributed by atoms with Crippen molar-refractivity contribution >= 4 is 17.3 Å². The predicted octanol–water partition coefficient (Wildman–Crippen LogP) is 3.47. The third-order valence-corrected chi connectivity index (χ3v) is 6.44. The summed E-state index contributed by atoms with van der Waals surface area (Å²) in [5.41, 5.74) is 10.6.